The molecule has 4 heteroatoms. The fraction of sp³-hybridized carbons (Fsp3) is 0.545. The molecule has 0 saturated carbocycles. The lowest BCUT2D eigenvalue weighted by Crippen LogP contribution is -2.30. The van der Waals surface area contributed by atoms with E-state index in [2.05, 4.69) is 47.8 Å². The Morgan fingerprint density at radius 3 is 3.13 bits per heavy atom. The minimum absolute atomic E-state index is 0.649. The van der Waals surface area contributed by atoms with Gasteiger partial charge in [-0.25, -0.2) is 4.98 Å². The molecule has 2 heterocycles. The number of hydrogen-bond acceptors (Lipinski definition) is 2. The first-order valence-corrected chi connectivity index (χ1v) is 7.17. The number of aromatic nitrogens is 1. The molecular formula is C11H14Br2N2. The summed E-state index contributed by atoms with van der Waals surface area (Å²) in [5, 5.41) is 1.07. The molecule has 82 valence electrons. The third kappa shape index (κ3) is 2.53. The van der Waals surface area contributed by atoms with Crippen molar-refractivity contribution < 1.29 is 0 Å². The predicted octanol–water partition coefficient (Wildman–Crippen LogP) is 3.60. The first-order chi connectivity index (χ1) is 7.33. The van der Waals surface area contributed by atoms with Gasteiger partial charge in [-0.3, -0.25) is 0 Å². The number of rotatable bonds is 3. The molecule has 1 aliphatic rings. The highest BCUT2D eigenvalue weighted by molar-refractivity contribution is 9.10. The van der Waals surface area contributed by atoms with Crippen LogP contribution in [-0.2, 0) is 0 Å². The van der Waals surface area contributed by atoms with E-state index in [0.717, 1.165) is 22.2 Å². The SMILES string of the molecule is BrCCC1CCCN1c1ncccc1Br. The average molecular weight is 334 g/mol. The van der Waals surface area contributed by atoms with Crippen molar-refractivity contribution in [2.24, 2.45) is 0 Å². The molecule has 1 atom stereocenters. The van der Waals surface area contributed by atoms with Crippen molar-refractivity contribution in [2.45, 2.75) is 25.3 Å². The van der Waals surface area contributed by atoms with Gasteiger partial charge in [0.25, 0.3) is 0 Å². The lowest BCUT2D eigenvalue weighted by atomic mass is 10.2. The molecule has 0 aliphatic carbocycles. The van der Waals surface area contributed by atoms with Crippen LogP contribution in [0.4, 0.5) is 5.82 Å². The standard InChI is InChI=1S/C11H14Br2N2/c12-6-5-9-3-2-8-15(9)11-10(13)4-1-7-14-11/h1,4,7,9H,2-3,5-6,8H2. The number of nitrogens with zero attached hydrogens (tertiary/aromatic N) is 2. The number of pyridine rings is 1. The Balaban J connectivity index is 2.19. The fourth-order valence-corrected chi connectivity index (χ4v) is 3.14. The average Bonchev–Trinajstić information content (AvgIpc) is 2.67. The number of hydrogen-bond donors (Lipinski definition) is 0. The van der Waals surface area contributed by atoms with Crippen molar-refractivity contribution >= 4 is 37.7 Å². The Hall–Kier alpha value is -0.0900. The van der Waals surface area contributed by atoms with Gasteiger partial charge in [-0.05, 0) is 47.3 Å². The molecule has 1 aliphatic heterocycles. The third-order valence-electron chi connectivity index (χ3n) is 2.83. The quantitative estimate of drug-likeness (QED) is 0.786. The van der Waals surface area contributed by atoms with Crippen LogP contribution in [0.3, 0.4) is 0 Å². The van der Waals surface area contributed by atoms with Gasteiger partial charge in [0.05, 0.1) is 4.47 Å². The Kier molecular flexibility index (Phi) is 4.03. The minimum atomic E-state index is 0.649. The summed E-state index contributed by atoms with van der Waals surface area (Å²) in [6.07, 6.45) is 5.63. The second-order valence-corrected chi connectivity index (χ2v) is 5.42. The molecule has 1 saturated heterocycles. The maximum atomic E-state index is 4.46. The molecule has 2 rings (SSSR count). The van der Waals surface area contributed by atoms with E-state index in [1.165, 1.54) is 19.3 Å². The first kappa shape index (κ1) is 11.4. The van der Waals surface area contributed by atoms with Crippen LogP contribution >= 0.6 is 31.9 Å². The summed E-state index contributed by atoms with van der Waals surface area (Å²) in [6.45, 7) is 1.13. The van der Waals surface area contributed by atoms with Crippen molar-refractivity contribution in [2.75, 3.05) is 16.8 Å². The van der Waals surface area contributed by atoms with Gasteiger partial charge in [0.15, 0.2) is 0 Å². The lowest BCUT2D eigenvalue weighted by molar-refractivity contribution is 0.646. The molecule has 2 nitrogen and oxygen atoms in total. The first-order valence-electron chi connectivity index (χ1n) is 5.26. The van der Waals surface area contributed by atoms with Crippen LogP contribution in [0.1, 0.15) is 19.3 Å². The zero-order valence-corrected chi connectivity index (χ0v) is 11.7. The predicted molar refractivity (Wildman–Crippen MR) is 70.7 cm³/mol. The van der Waals surface area contributed by atoms with E-state index in [0.29, 0.717) is 6.04 Å². The third-order valence-corrected chi connectivity index (χ3v) is 3.91. The van der Waals surface area contributed by atoms with E-state index in [4.69, 9.17) is 0 Å². The highest BCUT2D eigenvalue weighted by Crippen LogP contribution is 2.31. The molecule has 15 heavy (non-hydrogen) atoms. The summed E-state index contributed by atoms with van der Waals surface area (Å²) < 4.78 is 1.10. The van der Waals surface area contributed by atoms with E-state index >= 15 is 0 Å². The normalized spacial score (nSPS) is 20.9. The zero-order valence-electron chi connectivity index (χ0n) is 8.50. The summed E-state index contributed by atoms with van der Waals surface area (Å²) in [5.74, 6) is 1.10. The fourth-order valence-electron chi connectivity index (χ4n) is 2.13. The Morgan fingerprint density at radius 1 is 1.53 bits per heavy atom. The van der Waals surface area contributed by atoms with E-state index in [9.17, 15) is 0 Å². The van der Waals surface area contributed by atoms with Crippen LogP contribution < -0.4 is 4.90 Å². The van der Waals surface area contributed by atoms with Gasteiger partial charge in [-0.2, -0.15) is 0 Å². The maximum Gasteiger partial charge on any atom is 0.143 e. The molecule has 1 unspecified atom stereocenters. The summed E-state index contributed by atoms with van der Waals surface area (Å²) in [6, 6.07) is 4.67. The summed E-state index contributed by atoms with van der Waals surface area (Å²) >= 11 is 7.09. The topological polar surface area (TPSA) is 16.1 Å². The van der Waals surface area contributed by atoms with Gasteiger partial charge in [-0.15, -0.1) is 0 Å². The molecule has 0 amide bonds. The number of alkyl halides is 1. The van der Waals surface area contributed by atoms with E-state index in [1.807, 2.05) is 12.3 Å². The van der Waals surface area contributed by atoms with Crippen LogP contribution in [0, 0.1) is 0 Å². The van der Waals surface area contributed by atoms with Crippen LogP contribution in [0.25, 0.3) is 0 Å². The van der Waals surface area contributed by atoms with Gasteiger partial charge in [-0.1, -0.05) is 15.9 Å². The molecule has 0 radical (unpaired) electrons. The van der Waals surface area contributed by atoms with Crippen LogP contribution in [0.2, 0.25) is 0 Å². The summed E-state index contributed by atoms with van der Waals surface area (Å²) in [4.78, 5) is 6.88. The van der Waals surface area contributed by atoms with Crippen molar-refractivity contribution in [3.8, 4) is 0 Å². The second-order valence-electron chi connectivity index (χ2n) is 3.78. The molecule has 0 aromatic carbocycles. The zero-order chi connectivity index (χ0) is 10.7. The minimum Gasteiger partial charge on any atom is -0.353 e. The van der Waals surface area contributed by atoms with Gasteiger partial charge in [0, 0.05) is 24.1 Å². The van der Waals surface area contributed by atoms with Crippen molar-refractivity contribution in [1.29, 1.82) is 0 Å². The van der Waals surface area contributed by atoms with Gasteiger partial charge in [0.2, 0.25) is 0 Å². The molecule has 1 aromatic rings. The number of halogens is 2. The highest BCUT2D eigenvalue weighted by atomic mass is 79.9. The van der Waals surface area contributed by atoms with Crippen molar-refractivity contribution in [3.63, 3.8) is 0 Å². The van der Waals surface area contributed by atoms with E-state index < -0.39 is 0 Å². The molecular weight excluding hydrogens is 320 g/mol. The molecule has 1 fully saturated rings. The molecule has 0 N–H and O–H groups in total. The lowest BCUT2D eigenvalue weighted by Gasteiger charge is -2.26. The summed E-state index contributed by atoms with van der Waals surface area (Å²) in [7, 11) is 0. The second kappa shape index (κ2) is 5.30. The smallest absolute Gasteiger partial charge is 0.143 e. The largest absolute Gasteiger partial charge is 0.353 e. The monoisotopic (exact) mass is 332 g/mol. The summed E-state index contributed by atoms with van der Waals surface area (Å²) in [5.41, 5.74) is 0. The molecule has 1 aromatic heterocycles. The van der Waals surface area contributed by atoms with Gasteiger partial charge < -0.3 is 4.90 Å². The molecule has 0 bridgehead atoms. The number of anilines is 1. The van der Waals surface area contributed by atoms with Gasteiger partial charge in [0.1, 0.15) is 5.82 Å². The van der Waals surface area contributed by atoms with Crippen LogP contribution in [-0.4, -0.2) is 22.9 Å². The van der Waals surface area contributed by atoms with Crippen LogP contribution in [0.15, 0.2) is 22.8 Å². The van der Waals surface area contributed by atoms with Crippen molar-refractivity contribution in [3.05, 3.63) is 22.8 Å². The Morgan fingerprint density at radius 2 is 2.40 bits per heavy atom. The maximum absolute atomic E-state index is 4.46. The van der Waals surface area contributed by atoms with Crippen LogP contribution in [0.5, 0.6) is 0 Å². The van der Waals surface area contributed by atoms with E-state index in [-0.39, 0.29) is 0 Å². The highest BCUT2D eigenvalue weighted by Gasteiger charge is 2.25. The Labute approximate surface area is 107 Å². The Bertz CT molecular complexity index is 330. The molecule has 0 spiro atoms. The van der Waals surface area contributed by atoms with Gasteiger partial charge >= 0.3 is 0 Å². The van der Waals surface area contributed by atoms with Crippen molar-refractivity contribution in [1.82, 2.24) is 4.98 Å². The van der Waals surface area contributed by atoms with E-state index in [1.54, 1.807) is 0 Å².